The monoisotopic (exact) mass is 249 g/mol. The van der Waals surface area contributed by atoms with Crippen LogP contribution in [0.2, 0.25) is 0 Å². The summed E-state index contributed by atoms with van der Waals surface area (Å²) in [5, 5.41) is 9.05. The molecule has 0 aliphatic heterocycles. The highest BCUT2D eigenvalue weighted by Crippen LogP contribution is 2.30. The number of hydrogen-bond donors (Lipinski definition) is 1. The summed E-state index contributed by atoms with van der Waals surface area (Å²) in [7, 11) is 0. The van der Waals surface area contributed by atoms with Crippen LogP contribution in [-0.2, 0) is 0 Å². The van der Waals surface area contributed by atoms with Gasteiger partial charge in [0.15, 0.2) is 11.4 Å². The molecule has 0 spiro atoms. The molecule has 98 valence electrons. The van der Waals surface area contributed by atoms with Gasteiger partial charge < -0.3 is 9.84 Å². The van der Waals surface area contributed by atoms with Gasteiger partial charge in [-0.15, -0.1) is 0 Å². The quantitative estimate of drug-likeness (QED) is 0.890. The first-order valence-electron chi connectivity index (χ1n) is 6.55. The lowest BCUT2D eigenvalue weighted by Crippen LogP contribution is -2.26. The number of nitrogens with zero attached hydrogens (tertiary/aromatic N) is 1. The van der Waals surface area contributed by atoms with Gasteiger partial charge in [-0.3, -0.25) is 0 Å². The Labute approximate surface area is 107 Å². The van der Waals surface area contributed by atoms with Crippen molar-refractivity contribution >= 4 is 5.97 Å². The SMILES string of the molecule is CCC1CCCC(Oc2cccnc2C(=O)O)C1. The molecule has 1 saturated carbocycles. The molecular formula is C14H19NO3. The summed E-state index contributed by atoms with van der Waals surface area (Å²) in [6.07, 6.45) is 7.21. The fraction of sp³-hybridized carbons (Fsp3) is 0.571. The topological polar surface area (TPSA) is 59.4 Å². The number of carbonyl (C=O) groups is 1. The average molecular weight is 249 g/mol. The van der Waals surface area contributed by atoms with Gasteiger partial charge in [0.1, 0.15) is 0 Å². The minimum atomic E-state index is -1.03. The van der Waals surface area contributed by atoms with Gasteiger partial charge in [-0.1, -0.05) is 19.8 Å². The smallest absolute Gasteiger partial charge is 0.358 e. The lowest BCUT2D eigenvalue weighted by molar-refractivity contribution is 0.0674. The molecular weight excluding hydrogens is 230 g/mol. The third-order valence-corrected chi connectivity index (χ3v) is 3.58. The molecule has 0 radical (unpaired) electrons. The third-order valence-electron chi connectivity index (χ3n) is 3.58. The van der Waals surface area contributed by atoms with E-state index in [1.807, 2.05) is 0 Å². The van der Waals surface area contributed by atoms with Crippen molar-refractivity contribution in [3.05, 3.63) is 24.0 Å². The Kier molecular flexibility index (Phi) is 4.18. The Bertz CT molecular complexity index is 419. The maximum absolute atomic E-state index is 11.0. The van der Waals surface area contributed by atoms with Gasteiger partial charge >= 0.3 is 5.97 Å². The van der Waals surface area contributed by atoms with Crippen LogP contribution < -0.4 is 4.74 Å². The lowest BCUT2D eigenvalue weighted by Gasteiger charge is -2.29. The molecule has 4 heteroatoms. The van der Waals surface area contributed by atoms with Gasteiger partial charge in [-0.05, 0) is 37.3 Å². The Morgan fingerprint density at radius 3 is 3.11 bits per heavy atom. The molecule has 1 aliphatic carbocycles. The first-order chi connectivity index (χ1) is 8.70. The van der Waals surface area contributed by atoms with Crippen LogP contribution in [0.15, 0.2) is 18.3 Å². The number of aromatic carboxylic acids is 1. The summed E-state index contributed by atoms with van der Waals surface area (Å²) in [6, 6.07) is 3.40. The number of carboxylic acids is 1. The normalized spacial score (nSPS) is 23.6. The first-order valence-corrected chi connectivity index (χ1v) is 6.55. The predicted molar refractivity (Wildman–Crippen MR) is 67.9 cm³/mol. The Balaban J connectivity index is 2.07. The van der Waals surface area contributed by atoms with Crippen LogP contribution in [0.4, 0.5) is 0 Å². The minimum Gasteiger partial charge on any atom is -0.488 e. The number of ether oxygens (including phenoxy) is 1. The summed E-state index contributed by atoms with van der Waals surface area (Å²) >= 11 is 0. The van der Waals surface area contributed by atoms with Crippen LogP contribution in [0.25, 0.3) is 0 Å². The van der Waals surface area contributed by atoms with Gasteiger partial charge in [0.2, 0.25) is 0 Å². The molecule has 2 rings (SSSR count). The Morgan fingerprint density at radius 1 is 1.56 bits per heavy atom. The highest BCUT2D eigenvalue weighted by atomic mass is 16.5. The molecule has 1 aromatic heterocycles. The standard InChI is InChI=1S/C14H19NO3/c1-2-10-5-3-6-11(9-10)18-12-7-4-8-15-13(12)14(16)17/h4,7-8,10-11H,2-3,5-6,9H2,1H3,(H,16,17). The Hall–Kier alpha value is -1.58. The van der Waals surface area contributed by atoms with Crippen LogP contribution in [-0.4, -0.2) is 22.2 Å². The van der Waals surface area contributed by atoms with E-state index in [1.165, 1.54) is 19.0 Å². The second-order valence-electron chi connectivity index (χ2n) is 4.84. The lowest BCUT2D eigenvalue weighted by atomic mass is 9.85. The maximum atomic E-state index is 11.0. The molecule has 2 unspecified atom stereocenters. The molecule has 0 aromatic carbocycles. The molecule has 0 bridgehead atoms. The molecule has 1 aromatic rings. The van der Waals surface area contributed by atoms with Crippen molar-refractivity contribution < 1.29 is 14.6 Å². The zero-order valence-corrected chi connectivity index (χ0v) is 10.6. The van der Waals surface area contributed by atoms with Gasteiger partial charge in [-0.2, -0.15) is 0 Å². The number of aromatic nitrogens is 1. The van der Waals surface area contributed by atoms with Crippen molar-refractivity contribution in [1.82, 2.24) is 4.98 Å². The highest BCUT2D eigenvalue weighted by molar-refractivity contribution is 5.88. The summed E-state index contributed by atoms with van der Waals surface area (Å²) in [6.45, 7) is 2.19. The van der Waals surface area contributed by atoms with E-state index in [4.69, 9.17) is 9.84 Å². The van der Waals surface area contributed by atoms with E-state index in [0.29, 0.717) is 11.7 Å². The third kappa shape index (κ3) is 3.00. The summed E-state index contributed by atoms with van der Waals surface area (Å²) < 4.78 is 5.84. The maximum Gasteiger partial charge on any atom is 0.358 e. The van der Waals surface area contributed by atoms with Crippen molar-refractivity contribution in [3.8, 4) is 5.75 Å². The van der Waals surface area contributed by atoms with E-state index in [2.05, 4.69) is 11.9 Å². The van der Waals surface area contributed by atoms with E-state index >= 15 is 0 Å². The van der Waals surface area contributed by atoms with Gasteiger partial charge in [0.05, 0.1) is 6.10 Å². The number of rotatable bonds is 4. The molecule has 1 fully saturated rings. The highest BCUT2D eigenvalue weighted by Gasteiger charge is 2.24. The molecule has 18 heavy (non-hydrogen) atoms. The van der Waals surface area contributed by atoms with E-state index < -0.39 is 5.97 Å². The van der Waals surface area contributed by atoms with Crippen molar-refractivity contribution in [2.75, 3.05) is 0 Å². The molecule has 0 saturated heterocycles. The first kappa shape index (κ1) is 12.9. The number of carboxylic acid groups (broad SMARTS) is 1. The fourth-order valence-corrected chi connectivity index (χ4v) is 2.55. The summed E-state index contributed by atoms with van der Waals surface area (Å²) in [4.78, 5) is 14.9. The van der Waals surface area contributed by atoms with Crippen molar-refractivity contribution in [3.63, 3.8) is 0 Å². The second kappa shape index (κ2) is 5.85. The number of hydrogen-bond acceptors (Lipinski definition) is 3. The molecule has 1 aliphatic rings. The number of pyridine rings is 1. The summed E-state index contributed by atoms with van der Waals surface area (Å²) in [5.41, 5.74) is 0.0103. The molecule has 1 heterocycles. The van der Waals surface area contributed by atoms with E-state index in [-0.39, 0.29) is 11.8 Å². The Morgan fingerprint density at radius 2 is 2.39 bits per heavy atom. The van der Waals surface area contributed by atoms with Crippen LogP contribution >= 0.6 is 0 Å². The predicted octanol–water partition coefficient (Wildman–Crippen LogP) is 3.13. The average Bonchev–Trinajstić information content (AvgIpc) is 2.39. The minimum absolute atomic E-state index is 0.0103. The molecule has 2 atom stereocenters. The molecule has 1 N–H and O–H groups in total. The van der Waals surface area contributed by atoms with Crippen LogP contribution in [0.1, 0.15) is 49.5 Å². The van der Waals surface area contributed by atoms with Crippen LogP contribution in [0, 0.1) is 5.92 Å². The van der Waals surface area contributed by atoms with E-state index in [1.54, 1.807) is 12.1 Å². The van der Waals surface area contributed by atoms with Crippen LogP contribution in [0.3, 0.4) is 0 Å². The molecule has 0 amide bonds. The fourth-order valence-electron chi connectivity index (χ4n) is 2.55. The van der Waals surface area contributed by atoms with Crippen LogP contribution in [0.5, 0.6) is 5.75 Å². The van der Waals surface area contributed by atoms with Crippen molar-refractivity contribution in [1.29, 1.82) is 0 Å². The van der Waals surface area contributed by atoms with Gasteiger partial charge in [-0.25, -0.2) is 9.78 Å². The van der Waals surface area contributed by atoms with Crippen molar-refractivity contribution in [2.45, 2.75) is 45.1 Å². The zero-order valence-electron chi connectivity index (χ0n) is 10.6. The van der Waals surface area contributed by atoms with Gasteiger partial charge in [0, 0.05) is 6.20 Å². The molecule has 4 nitrogen and oxygen atoms in total. The summed E-state index contributed by atoms with van der Waals surface area (Å²) in [5.74, 6) is 0.0638. The van der Waals surface area contributed by atoms with E-state index in [9.17, 15) is 4.79 Å². The second-order valence-corrected chi connectivity index (χ2v) is 4.84. The van der Waals surface area contributed by atoms with E-state index in [0.717, 1.165) is 19.3 Å². The largest absolute Gasteiger partial charge is 0.488 e. The zero-order chi connectivity index (χ0) is 13.0. The van der Waals surface area contributed by atoms with Crippen molar-refractivity contribution in [2.24, 2.45) is 5.92 Å². The van der Waals surface area contributed by atoms with Gasteiger partial charge in [0.25, 0.3) is 0 Å².